The third-order valence-electron chi connectivity index (χ3n) is 4.44. The van der Waals surface area contributed by atoms with Crippen molar-refractivity contribution >= 4 is 17.8 Å². The number of hydrogen-bond acceptors (Lipinski definition) is 4. The van der Waals surface area contributed by atoms with Crippen LogP contribution in [0, 0.1) is 11.3 Å². The first-order valence-electron chi connectivity index (χ1n) is 8.69. The third-order valence-corrected chi connectivity index (χ3v) is 4.44. The molecule has 1 rings (SSSR count). The van der Waals surface area contributed by atoms with Gasteiger partial charge < -0.3 is 9.64 Å². The minimum atomic E-state index is -0.366. The maximum absolute atomic E-state index is 12.0. The number of hydrogen-bond donors (Lipinski definition) is 2. The summed E-state index contributed by atoms with van der Waals surface area (Å²) in [6, 6.07) is 0. The monoisotopic (exact) mass is 325 g/mol. The Bertz CT molecular complexity index is 412. The van der Waals surface area contributed by atoms with Crippen molar-refractivity contribution in [1.82, 2.24) is 10.2 Å². The van der Waals surface area contributed by atoms with Gasteiger partial charge in [0.05, 0.1) is 0 Å². The van der Waals surface area contributed by atoms with Crippen molar-refractivity contribution < 1.29 is 14.3 Å². The van der Waals surface area contributed by atoms with E-state index < -0.39 is 0 Å². The van der Waals surface area contributed by atoms with Crippen LogP contribution in [0.2, 0.25) is 0 Å². The van der Waals surface area contributed by atoms with Gasteiger partial charge in [0.15, 0.2) is 5.96 Å². The molecule has 132 valence electrons. The number of nitrogens with zero attached hydrogens (tertiary/aromatic N) is 1. The van der Waals surface area contributed by atoms with E-state index in [1.54, 1.807) is 7.05 Å². The summed E-state index contributed by atoms with van der Waals surface area (Å²) in [4.78, 5) is 25.1. The summed E-state index contributed by atoms with van der Waals surface area (Å²) in [7, 11) is 1.60. The van der Waals surface area contributed by atoms with Crippen LogP contribution in [0.5, 0.6) is 0 Å². The van der Waals surface area contributed by atoms with Crippen LogP contribution < -0.4 is 5.32 Å². The molecule has 1 heterocycles. The van der Waals surface area contributed by atoms with Gasteiger partial charge in [0.25, 0.3) is 0 Å². The summed E-state index contributed by atoms with van der Waals surface area (Å²) in [5.41, 5.74) is 0. The molecule has 0 aliphatic carbocycles. The molecule has 0 aromatic heterocycles. The van der Waals surface area contributed by atoms with Gasteiger partial charge in [-0.1, -0.05) is 39.0 Å². The summed E-state index contributed by atoms with van der Waals surface area (Å²) in [5, 5.41) is 10.4. The van der Waals surface area contributed by atoms with Gasteiger partial charge in [-0.3, -0.25) is 20.3 Å². The maximum atomic E-state index is 12.0. The number of ether oxygens (including phenoxy) is 1. The summed E-state index contributed by atoms with van der Waals surface area (Å²) in [5.74, 6) is -0.257. The summed E-state index contributed by atoms with van der Waals surface area (Å²) < 4.78 is 5.44. The highest BCUT2D eigenvalue weighted by Gasteiger charge is 2.19. The second kappa shape index (κ2) is 10.2. The van der Waals surface area contributed by atoms with E-state index in [2.05, 4.69) is 12.2 Å². The van der Waals surface area contributed by atoms with Gasteiger partial charge >= 0.3 is 5.97 Å². The molecule has 0 spiro atoms. The lowest BCUT2D eigenvalue weighted by atomic mass is 9.97. The first kappa shape index (κ1) is 19.5. The van der Waals surface area contributed by atoms with Gasteiger partial charge in [-0.2, -0.15) is 0 Å². The van der Waals surface area contributed by atoms with Crippen LogP contribution >= 0.6 is 0 Å². The molecule has 0 unspecified atom stereocenters. The number of esters is 1. The molecule has 0 bridgehead atoms. The number of carbonyl (C=O) groups is 2. The van der Waals surface area contributed by atoms with Crippen molar-refractivity contribution in [3.8, 4) is 0 Å². The zero-order valence-electron chi connectivity index (χ0n) is 14.7. The van der Waals surface area contributed by atoms with Crippen molar-refractivity contribution in [2.24, 2.45) is 5.92 Å². The minimum Gasteiger partial charge on any atom is -0.461 e. The Balaban J connectivity index is 2.60. The van der Waals surface area contributed by atoms with Crippen LogP contribution in [-0.2, 0) is 14.3 Å². The van der Waals surface area contributed by atoms with Crippen LogP contribution in [0.1, 0.15) is 65.2 Å². The van der Waals surface area contributed by atoms with E-state index in [0.717, 1.165) is 32.1 Å². The molecule has 1 aliphatic rings. The average molecular weight is 325 g/mol. The predicted octanol–water partition coefficient (Wildman–Crippen LogP) is 2.67. The first-order chi connectivity index (χ1) is 10.9. The van der Waals surface area contributed by atoms with Gasteiger partial charge in [0.1, 0.15) is 12.6 Å². The van der Waals surface area contributed by atoms with Gasteiger partial charge in [0, 0.05) is 13.5 Å². The first-order valence-corrected chi connectivity index (χ1v) is 8.69. The number of nitrogens with one attached hydrogen (secondary N) is 2. The molecule has 1 amide bonds. The van der Waals surface area contributed by atoms with E-state index >= 15 is 0 Å². The molecule has 0 radical (unpaired) electrons. The van der Waals surface area contributed by atoms with Crippen molar-refractivity contribution in [2.45, 2.75) is 71.3 Å². The highest BCUT2D eigenvalue weighted by atomic mass is 16.5. The van der Waals surface area contributed by atoms with Crippen molar-refractivity contribution in [1.29, 1.82) is 5.41 Å². The average Bonchev–Trinajstić information content (AvgIpc) is 2.48. The molecule has 1 aliphatic heterocycles. The molecule has 23 heavy (non-hydrogen) atoms. The van der Waals surface area contributed by atoms with E-state index in [9.17, 15) is 9.59 Å². The van der Waals surface area contributed by atoms with Crippen molar-refractivity contribution in [2.75, 3.05) is 13.6 Å². The van der Waals surface area contributed by atoms with E-state index in [4.69, 9.17) is 10.1 Å². The number of guanidine groups is 1. The number of rotatable bonds is 0. The van der Waals surface area contributed by atoms with Crippen molar-refractivity contribution in [3.05, 3.63) is 0 Å². The lowest BCUT2D eigenvalue weighted by Crippen LogP contribution is -2.44. The molecule has 0 aromatic carbocycles. The highest BCUT2D eigenvalue weighted by molar-refractivity contribution is 5.96. The van der Waals surface area contributed by atoms with Gasteiger partial charge in [-0.15, -0.1) is 0 Å². The summed E-state index contributed by atoms with van der Waals surface area (Å²) in [6.45, 7) is 4.00. The number of likely N-dealkylation sites (N-methyl/N-ethyl adjacent to an activating group) is 1. The number of cyclic esters (lactones) is 1. The van der Waals surface area contributed by atoms with Crippen LogP contribution in [0.4, 0.5) is 0 Å². The molecule has 1 fully saturated rings. The van der Waals surface area contributed by atoms with Crippen LogP contribution in [-0.4, -0.2) is 42.4 Å². The van der Waals surface area contributed by atoms with Crippen LogP contribution in [0.15, 0.2) is 0 Å². The summed E-state index contributed by atoms with van der Waals surface area (Å²) in [6.07, 6.45) is 7.90. The molecule has 6 nitrogen and oxygen atoms in total. The topological polar surface area (TPSA) is 82.5 Å². The molecule has 2 N–H and O–H groups in total. The molecule has 6 heteroatoms. The molecule has 2 atom stereocenters. The van der Waals surface area contributed by atoms with Gasteiger partial charge in [-0.25, -0.2) is 0 Å². The smallest absolute Gasteiger partial charge is 0.325 e. The number of carbonyl (C=O) groups excluding carboxylic acids is 2. The Morgan fingerprint density at radius 3 is 2.39 bits per heavy atom. The van der Waals surface area contributed by atoms with Crippen LogP contribution in [0.25, 0.3) is 0 Å². The Morgan fingerprint density at radius 1 is 1.09 bits per heavy atom. The normalized spacial score (nSPS) is 27.1. The van der Waals surface area contributed by atoms with Crippen LogP contribution in [0.3, 0.4) is 0 Å². The van der Waals surface area contributed by atoms with E-state index in [-0.39, 0.29) is 30.5 Å². The van der Waals surface area contributed by atoms with E-state index in [1.165, 1.54) is 17.7 Å². The van der Waals surface area contributed by atoms with Gasteiger partial charge in [-0.05, 0) is 25.7 Å². The molecule has 0 aromatic rings. The second-order valence-corrected chi connectivity index (χ2v) is 6.59. The zero-order chi connectivity index (χ0) is 17.2. The Hall–Kier alpha value is -1.59. The van der Waals surface area contributed by atoms with E-state index in [1.807, 2.05) is 6.92 Å². The standard InChI is InChI=1S/C17H31N3O3/c1-13-10-8-6-4-5-7-9-11-15(21)19-17(18)20(3)12-16(22)23-14(13)2/h13-14H,4-12H2,1-3H3,(H2,18,19,21)/t13-,14-/m0/s1. The second-order valence-electron chi connectivity index (χ2n) is 6.59. The molecular weight excluding hydrogens is 294 g/mol. The van der Waals surface area contributed by atoms with E-state index in [0.29, 0.717) is 12.3 Å². The van der Waals surface area contributed by atoms with Crippen molar-refractivity contribution in [3.63, 3.8) is 0 Å². The number of amides is 1. The molecule has 0 saturated carbocycles. The maximum Gasteiger partial charge on any atom is 0.325 e. The van der Waals surface area contributed by atoms with Gasteiger partial charge in [0.2, 0.25) is 5.91 Å². The summed E-state index contributed by atoms with van der Waals surface area (Å²) >= 11 is 0. The Morgan fingerprint density at radius 2 is 1.70 bits per heavy atom. The quantitative estimate of drug-likeness (QED) is 0.671. The predicted molar refractivity (Wildman–Crippen MR) is 90.2 cm³/mol. The fourth-order valence-electron chi connectivity index (χ4n) is 2.62. The fraction of sp³-hybridized carbons (Fsp3) is 0.824. The Labute approximate surface area is 139 Å². The minimum absolute atomic E-state index is 0.0316. The lowest BCUT2D eigenvalue weighted by Gasteiger charge is -2.23. The SMILES string of the molecule is C[C@@H]1OC(=O)CN(C)C(=N)NC(=O)CCCCCCCC[C@@H]1C. The fourth-order valence-corrected chi connectivity index (χ4v) is 2.62. The zero-order valence-corrected chi connectivity index (χ0v) is 14.7. The molecular formula is C17H31N3O3. The lowest BCUT2D eigenvalue weighted by molar-refractivity contribution is -0.150. The molecule has 1 saturated heterocycles. The Kier molecular flexibility index (Phi) is 8.66. The highest BCUT2D eigenvalue weighted by Crippen LogP contribution is 2.17. The largest absolute Gasteiger partial charge is 0.461 e. The third kappa shape index (κ3) is 8.00.